The van der Waals surface area contributed by atoms with E-state index in [4.69, 9.17) is 4.74 Å². The summed E-state index contributed by atoms with van der Waals surface area (Å²) >= 11 is 2.47. The Bertz CT molecular complexity index is 981. The van der Waals surface area contributed by atoms with Crippen LogP contribution in [0.2, 0.25) is 0 Å². The van der Waals surface area contributed by atoms with Crippen molar-refractivity contribution < 1.29 is 9.53 Å². The number of rotatable bonds is 6. The zero-order valence-electron chi connectivity index (χ0n) is 21.1. The van der Waals surface area contributed by atoms with Crippen LogP contribution in [0, 0.1) is 32.7 Å². The molecule has 0 radical (unpaired) electrons. The summed E-state index contributed by atoms with van der Waals surface area (Å²) < 4.78 is 7.75. The van der Waals surface area contributed by atoms with Crippen LogP contribution in [-0.2, 0) is 11.2 Å². The number of carbonyl (C=O) groups excluding carboxylic acids is 1. The summed E-state index contributed by atoms with van der Waals surface area (Å²) in [6, 6.07) is 11.4. The van der Waals surface area contributed by atoms with E-state index >= 15 is 0 Å². The lowest BCUT2D eigenvalue weighted by Crippen LogP contribution is -2.30. The van der Waals surface area contributed by atoms with Crippen molar-refractivity contribution in [1.29, 1.82) is 0 Å². The normalized spacial score (nSPS) is 27.0. The SMILES string of the molecule is CC(=O)C1CCC(C(C)Cc2ccc3c(I)c(OC4CCC(C(C)(C)C)CC4)ccc3c2)C1. The predicted molar refractivity (Wildman–Crippen MR) is 147 cm³/mol. The first-order valence-corrected chi connectivity index (χ1v) is 14.1. The third kappa shape index (κ3) is 5.94. The summed E-state index contributed by atoms with van der Waals surface area (Å²) in [5.74, 6) is 3.84. The number of benzene rings is 2. The average molecular weight is 561 g/mol. The topological polar surface area (TPSA) is 26.3 Å². The van der Waals surface area contributed by atoms with Crippen LogP contribution in [0.4, 0.5) is 0 Å². The fraction of sp³-hybridized carbons (Fsp3) is 0.633. The fourth-order valence-corrected chi connectivity index (χ4v) is 7.00. The largest absolute Gasteiger partial charge is 0.489 e. The monoisotopic (exact) mass is 560 g/mol. The molecule has 2 aliphatic carbocycles. The molecule has 0 aliphatic heterocycles. The number of Topliss-reactive ketones (excluding diaryl/α,β-unsaturated/α-hetero) is 1. The molecule has 2 nitrogen and oxygen atoms in total. The number of hydrogen-bond donors (Lipinski definition) is 0. The van der Waals surface area contributed by atoms with Gasteiger partial charge in [0.25, 0.3) is 0 Å². The summed E-state index contributed by atoms with van der Waals surface area (Å²) in [6.45, 7) is 11.2. The van der Waals surface area contributed by atoms with E-state index in [9.17, 15) is 4.79 Å². The molecule has 3 heteroatoms. The van der Waals surface area contributed by atoms with Crippen molar-refractivity contribution in [1.82, 2.24) is 0 Å². The van der Waals surface area contributed by atoms with E-state index in [1.807, 2.05) is 0 Å². The second kappa shape index (κ2) is 10.3. The number of halogens is 1. The molecule has 0 aromatic heterocycles. The number of fused-ring (bicyclic) bond motifs is 1. The zero-order valence-corrected chi connectivity index (χ0v) is 23.3. The van der Waals surface area contributed by atoms with Crippen molar-refractivity contribution in [2.45, 2.75) is 92.1 Å². The predicted octanol–water partition coefficient (Wildman–Crippen LogP) is 8.61. The minimum atomic E-state index is 0.303. The highest BCUT2D eigenvalue weighted by Crippen LogP contribution is 2.40. The molecule has 0 N–H and O–H groups in total. The van der Waals surface area contributed by atoms with Gasteiger partial charge in [0.15, 0.2) is 0 Å². The number of ketones is 1. The van der Waals surface area contributed by atoms with E-state index in [-0.39, 0.29) is 0 Å². The van der Waals surface area contributed by atoms with Crippen LogP contribution >= 0.6 is 22.6 Å². The zero-order chi connectivity index (χ0) is 23.8. The molecular formula is C30H41IO2. The van der Waals surface area contributed by atoms with Gasteiger partial charge in [-0.15, -0.1) is 0 Å². The quantitative estimate of drug-likeness (QED) is 0.331. The van der Waals surface area contributed by atoms with E-state index in [2.05, 4.69) is 80.6 Å². The number of hydrogen-bond acceptors (Lipinski definition) is 2. The van der Waals surface area contributed by atoms with Gasteiger partial charge in [0.1, 0.15) is 11.5 Å². The third-order valence-electron chi connectivity index (χ3n) is 8.59. The lowest BCUT2D eigenvalue weighted by Gasteiger charge is -2.37. The lowest BCUT2D eigenvalue weighted by atomic mass is 9.72. The van der Waals surface area contributed by atoms with Gasteiger partial charge in [0.2, 0.25) is 0 Å². The molecule has 0 amide bonds. The Morgan fingerprint density at radius 1 is 1.06 bits per heavy atom. The highest BCUT2D eigenvalue weighted by molar-refractivity contribution is 14.1. The van der Waals surface area contributed by atoms with Gasteiger partial charge in [0.05, 0.1) is 9.67 Å². The Balaban J connectivity index is 1.40. The number of carbonyl (C=O) groups is 1. The second-order valence-electron chi connectivity index (χ2n) is 12.0. The Morgan fingerprint density at radius 2 is 1.79 bits per heavy atom. The van der Waals surface area contributed by atoms with Gasteiger partial charge in [-0.05, 0) is 126 Å². The van der Waals surface area contributed by atoms with Crippen LogP contribution in [-0.4, -0.2) is 11.9 Å². The molecule has 180 valence electrons. The van der Waals surface area contributed by atoms with Crippen LogP contribution in [0.25, 0.3) is 10.8 Å². The van der Waals surface area contributed by atoms with E-state index in [1.165, 1.54) is 52.0 Å². The first-order chi connectivity index (χ1) is 15.6. The Hall–Kier alpha value is -1.10. The minimum absolute atomic E-state index is 0.303. The van der Waals surface area contributed by atoms with Crippen LogP contribution in [0.15, 0.2) is 30.3 Å². The van der Waals surface area contributed by atoms with Crippen molar-refractivity contribution >= 4 is 39.1 Å². The molecule has 3 atom stereocenters. The summed E-state index contributed by atoms with van der Waals surface area (Å²) in [7, 11) is 0. The maximum absolute atomic E-state index is 11.7. The van der Waals surface area contributed by atoms with Crippen molar-refractivity contribution in [3.63, 3.8) is 0 Å². The van der Waals surface area contributed by atoms with Crippen molar-refractivity contribution in [3.05, 3.63) is 39.5 Å². The molecular weight excluding hydrogens is 519 g/mol. The van der Waals surface area contributed by atoms with Crippen molar-refractivity contribution in [3.8, 4) is 5.75 Å². The van der Waals surface area contributed by atoms with Crippen LogP contribution < -0.4 is 4.74 Å². The molecule has 0 saturated heterocycles. The van der Waals surface area contributed by atoms with E-state index < -0.39 is 0 Å². The van der Waals surface area contributed by atoms with Gasteiger partial charge < -0.3 is 4.74 Å². The van der Waals surface area contributed by atoms with Crippen molar-refractivity contribution in [2.75, 3.05) is 0 Å². The van der Waals surface area contributed by atoms with Crippen molar-refractivity contribution in [2.24, 2.45) is 29.1 Å². The van der Waals surface area contributed by atoms with Gasteiger partial charge in [-0.25, -0.2) is 0 Å². The molecule has 0 spiro atoms. The summed E-state index contributed by atoms with van der Waals surface area (Å²) in [5, 5.41) is 2.60. The maximum atomic E-state index is 11.7. The molecule has 2 aromatic carbocycles. The van der Waals surface area contributed by atoms with Crippen LogP contribution in [0.1, 0.15) is 85.1 Å². The molecule has 3 unspecified atom stereocenters. The molecule has 2 saturated carbocycles. The molecule has 0 heterocycles. The summed E-state index contributed by atoms with van der Waals surface area (Å²) in [6.07, 6.45) is 9.69. The van der Waals surface area contributed by atoms with Gasteiger partial charge in [-0.3, -0.25) is 4.79 Å². The lowest BCUT2D eigenvalue weighted by molar-refractivity contribution is -0.120. The van der Waals surface area contributed by atoms with Crippen LogP contribution in [0.5, 0.6) is 5.75 Å². The molecule has 2 aliphatic rings. The Labute approximate surface area is 214 Å². The van der Waals surface area contributed by atoms with Crippen LogP contribution in [0.3, 0.4) is 0 Å². The van der Waals surface area contributed by atoms with Gasteiger partial charge >= 0.3 is 0 Å². The Morgan fingerprint density at radius 3 is 2.42 bits per heavy atom. The van der Waals surface area contributed by atoms with Gasteiger partial charge in [-0.2, -0.15) is 0 Å². The highest BCUT2D eigenvalue weighted by Gasteiger charge is 2.32. The van der Waals surface area contributed by atoms with E-state index in [0.717, 1.165) is 30.9 Å². The molecule has 2 fully saturated rings. The summed E-state index contributed by atoms with van der Waals surface area (Å²) in [4.78, 5) is 11.7. The van der Waals surface area contributed by atoms with Gasteiger partial charge in [0, 0.05) is 5.92 Å². The standard InChI is InChI=1S/C30H41IO2/c1-19(22-7-8-23(18-22)20(2)32)16-21-6-14-27-24(17-21)9-15-28(29(27)31)33-26-12-10-25(11-13-26)30(3,4)5/h6,9,14-15,17,19,22-23,25-26H,7-8,10-13,16,18H2,1-5H3. The molecule has 2 aromatic rings. The van der Waals surface area contributed by atoms with E-state index in [0.29, 0.717) is 35.1 Å². The smallest absolute Gasteiger partial charge is 0.133 e. The first-order valence-electron chi connectivity index (χ1n) is 13.0. The third-order valence-corrected chi connectivity index (χ3v) is 9.70. The first kappa shape index (κ1) is 25.0. The second-order valence-corrected chi connectivity index (χ2v) is 13.0. The molecule has 0 bridgehead atoms. The Kier molecular flexibility index (Phi) is 7.77. The minimum Gasteiger partial charge on any atom is -0.489 e. The van der Waals surface area contributed by atoms with Gasteiger partial charge in [-0.1, -0.05) is 52.0 Å². The fourth-order valence-electron chi connectivity index (χ4n) is 6.21. The number of ether oxygens (including phenoxy) is 1. The maximum Gasteiger partial charge on any atom is 0.133 e. The average Bonchev–Trinajstić information content (AvgIpc) is 3.26. The molecule has 4 rings (SSSR count). The summed E-state index contributed by atoms with van der Waals surface area (Å²) in [5.41, 5.74) is 1.82. The van der Waals surface area contributed by atoms with E-state index in [1.54, 1.807) is 6.92 Å². The molecule has 33 heavy (non-hydrogen) atoms. The highest BCUT2D eigenvalue weighted by atomic mass is 127.